The van der Waals surface area contributed by atoms with Crippen LogP contribution in [0.4, 0.5) is 5.82 Å². The Morgan fingerprint density at radius 3 is 2.84 bits per heavy atom. The van der Waals surface area contributed by atoms with Gasteiger partial charge in [-0.05, 0) is 43.2 Å². The van der Waals surface area contributed by atoms with Crippen LogP contribution in [0.1, 0.15) is 32.1 Å². The van der Waals surface area contributed by atoms with Gasteiger partial charge in [-0.1, -0.05) is 12.8 Å². The van der Waals surface area contributed by atoms with Crippen LogP contribution in [0.5, 0.6) is 5.75 Å². The zero-order valence-corrected chi connectivity index (χ0v) is 14.5. The molecule has 2 aromatic rings. The molecule has 3 fully saturated rings. The Bertz CT molecular complexity index is 843. The molecule has 1 aliphatic heterocycles. The van der Waals surface area contributed by atoms with E-state index in [4.69, 9.17) is 9.73 Å². The average Bonchev–Trinajstić information content (AvgIpc) is 3.04. The lowest BCUT2D eigenvalue weighted by atomic mass is 9.60. The summed E-state index contributed by atoms with van der Waals surface area (Å²) < 4.78 is 5.27. The number of ether oxygens (including phenoxy) is 1. The van der Waals surface area contributed by atoms with Gasteiger partial charge in [-0.15, -0.1) is 0 Å². The highest BCUT2D eigenvalue weighted by atomic mass is 16.5. The maximum atomic E-state index is 5.27. The molecule has 2 bridgehead atoms. The molecule has 2 N–H and O–H groups in total. The highest BCUT2D eigenvalue weighted by Crippen LogP contribution is 2.48. The summed E-state index contributed by atoms with van der Waals surface area (Å²) in [4.78, 5) is 13.9. The van der Waals surface area contributed by atoms with Gasteiger partial charge in [0.05, 0.1) is 36.4 Å². The Morgan fingerprint density at radius 1 is 1.20 bits per heavy atom. The largest absolute Gasteiger partial charge is 0.497 e. The quantitative estimate of drug-likeness (QED) is 0.881. The number of guanidine groups is 1. The third-order valence-electron chi connectivity index (χ3n) is 6.16. The van der Waals surface area contributed by atoms with Crippen molar-refractivity contribution in [1.29, 1.82) is 0 Å². The van der Waals surface area contributed by atoms with E-state index >= 15 is 0 Å². The molecule has 130 valence electrons. The minimum atomic E-state index is 0.178. The van der Waals surface area contributed by atoms with Crippen molar-refractivity contribution in [1.82, 2.24) is 15.3 Å². The number of anilines is 1. The minimum Gasteiger partial charge on any atom is -0.497 e. The van der Waals surface area contributed by atoms with Crippen molar-refractivity contribution >= 4 is 22.8 Å². The predicted molar refractivity (Wildman–Crippen MR) is 97.9 cm³/mol. The van der Waals surface area contributed by atoms with Crippen LogP contribution >= 0.6 is 0 Å². The Labute approximate surface area is 147 Å². The van der Waals surface area contributed by atoms with Gasteiger partial charge in [-0.25, -0.2) is 4.98 Å². The normalized spacial score (nSPS) is 30.4. The molecule has 1 aromatic heterocycles. The number of fused-ring (bicyclic) bond motifs is 3. The standard InChI is InChI=1S/C19H23N5O/c1-25-14-6-7-15-16(8-14)22-17(10-20-15)23-18-21-11-19(24-18)9-12-2-4-13(19)5-3-12/h6-8,10,12-13H,2-5,9,11H2,1H3,(H2,21,22,23,24)/t12?,13?,19-/m0/s1. The maximum Gasteiger partial charge on any atom is 0.197 e. The molecule has 1 aromatic carbocycles. The molecule has 3 saturated carbocycles. The summed E-state index contributed by atoms with van der Waals surface area (Å²) in [5.74, 6) is 3.97. The Balaban J connectivity index is 1.35. The van der Waals surface area contributed by atoms with Crippen LogP contribution in [-0.4, -0.2) is 35.1 Å². The number of aromatic nitrogens is 2. The number of rotatable bonds is 2. The fourth-order valence-corrected chi connectivity index (χ4v) is 4.85. The van der Waals surface area contributed by atoms with Gasteiger partial charge < -0.3 is 15.4 Å². The monoisotopic (exact) mass is 337 g/mol. The SMILES string of the molecule is COc1ccc2ncc(NC3=NC[C@]4(CC5CCC4CC5)N3)nc2c1. The van der Waals surface area contributed by atoms with Crippen LogP contribution in [0.25, 0.3) is 11.0 Å². The molecule has 1 spiro atoms. The molecule has 6 nitrogen and oxygen atoms in total. The first-order chi connectivity index (χ1) is 12.2. The molecule has 0 unspecified atom stereocenters. The molecule has 3 aliphatic carbocycles. The van der Waals surface area contributed by atoms with E-state index in [1.54, 1.807) is 13.3 Å². The van der Waals surface area contributed by atoms with Crippen molar-refractivity contribution in [2.75, 3.05) is 19.0 Å². The lowest BCUT2D eigenvalue weighted by Crippen LogP contribution is -2.58. The predicted octanol–water partition coefficient (Wildman–Crippen LogP) is 2.96. The Hall–Kier alpha value is -2.37. The van der Waals surface area contributed by atoms with E-state index in [1.807, 2.05) is 18.2 Å². The first kappa shape index (κ1) is 14.9. The third kappa shape index (κ3) is 2.51. The van der Waals surface area contributed by atoms with E-state index in [-0.39, 0.29) is 5.54 Å². The van der Waals surface area contributed by atoms with Crippen molar-refractivity contribution in [2.24, 2.45) is 16.8 Å². The molecule has 25 heavy (non-hydrogen) atoms. The second kappa shape index (κ2) is 5.58. The van der Waals surface area contributed by atoms with Gasteiger partial charge in [0.1, 0.15) is 5.75 Å². The van der Waals surface area contributed by atoms with Gasteiger partial charge in [0.15, 0.2) is 11.8 Å². The zero-order chi connectivity index (χ0) is 16.9. The topological polar surface area (TPSA) is 71.4 Å². The van der Waals surface area contributed by atoms with Crippen LogP contribution in [0.15, 0.2) is 29.4 Å². The number of nitrogens with zero attached hydrogens (tertiary/aromatic N) is 3. The highest BCUT2D eigenvalue weighted by Gasteiger charge is 2.49. The molecule has 6 rings (SSSR count). The maximum absolute atomic E-state index is 5.27. The molecule has 0 saturated heterocycles. The van der Waals surface area contributed by atoms with Gasteiger partial charge in [0.2, 0.25) is 0 Å². The van der Waals surface area contributed by atoms with Crippen LogP contribution in [0.3, 0.4) is 0 Å². The molecule has 0 amide bonds. The second-order valence-electron chi connectivity index (χ2n) is 7.60. The summed E-state index contributed by atoms with van der Waals surface area (Å²) in [6.45, 7) is 0.880. The number of benzene rings is 1. The first-order valence-corrected chi connectivity index (χ1v) is 9.14. The number of hydrogen-bond acceptors (Lipinski definition) is 6. The molecule has 0 radical (unpaired) electrons. The van der Waals surface area contributed by atoms with E-state index in [1.165, 1.54) is 32.1 Å². The van der Waals surface area contributed by atoms with Crippen LogP contribution in [-0.2, 0) is 0 Å². The van der Waals surface area contributed by atoms with Crippen molar-refractivity contribution < 1.29 is 4.74 Å². The van der Waals surface area contributed by atoms with Gasteiger partial charge >= 0.3 is 0 Å². The van der Waals surface area contributed by atoms with E-state index in [0.29, 0.717) is 5.82 Å². The smallest absolute Gasteiger partial charge is 0.197 e. The molecule has 4 aliphatic rings. The summed E-state index contributed by atoms with van der Waals surface area (Å²) in [5.41, 5.74) is 1.85. The molecular weight excluding hydrogens is 314 g/mol. The first-order valence-electron chi connectivity index (χ1n) is 9.14. The fraction of sp³-hybridized carbons (Fsp3) is 0.526. The van der Waals surface area contributed by atoms with Crippen molar-refractivity contribution in [3.63, 3.8) is 0 Å². The van der Waals surface area contributed by atoms with E-state index < -0.39 is 0 Å². The van der Waals surface area contributed by atoms with Gasteiger partial charge in [0.25, 0.3) is 0 Å². The number of aliphatic imine (C=N–C) groups is 1. The van der Waals surface area contributed by atoms with Crippen molar-refractivity contribution in [3.05, 3.63) is 24.4 Å². The molecular formula is C19H23N5O. The van der Waals surface area contributed by atoms with E-state index in [0.717, 1.165) is 41.1 Å². The zero-order valence-electron chi connectivity index (χ0n) is 14.5. The average molecular weight is 337 g/mol. The number of hydrogen-bond donors (Lipinski definition) is 2. The Morgan fingerprint density at radius 2 is 2.08 bits per heavy atom. The summed E-state index contributed by atoms with van der Waals surface area (Å²) >= 11 is 0. The number of methoxy groups -OCH3 is 1. The van der Waals surface area contributed by atoms with Crippen LogP contribution in [0, 0.1) is 11.8 Å². The number of nitrogens with one attached hydrogen (secondary N) is 2. The highest BCUT2D eigenvalue weighted by molar-refractivity contribution is 5.95. The van der Waals surface area contributed by atoms with Crippen molar-refractivity contribution in [2.45, 2.75) is 37.6 Å². The Kier molecular flexibility index (Phi) is 3.33. The van der Waals surface area contributed by atoms with E-state index in [2.05, 4.69) is 20.6 Å². The summed E-state index contributed by atoms with van der Waals surface area (Å²) in [5, 5.41) is 7.03. The molecule has 1 atom stereocenters. The van der Waals surface area contributed by atoms with Crippen LogP contribution < -0.4 is 15.4 Å². The molecule has 6 heteroatoms. The van der Waals surface area contributed by atoms with Crippen LogP contribution in [0.2, 0.25) is 0 Å². The van der Waals surface area contributed by atoms with Gasteiger partial charge in [-0.3, -0.25) is 9.98 Å². The summed E-state index contributed by atoms with van der Waals surface area (Å²) in [6.07, 6.45) is 8.50. The third-order valence-corrected chi connectivity index (χ3v) is 6.16. The lowest BCUT2D eigenvalue weighted by molar-refractivity contribution is 0.0677. The van der Waals surface area contributed by atoms with Crippen molar-refractivity contribution in [3.8, 4) is 5.75 Å². The second-order valence-corrected chi connectivity index (χ2v) is 7.60. The minimum absolute atomic E-state index is 0.178. The lowest BCUT2D eigenvalue weighted by Gasteiger charge is -2.49. The molecule has 2 heterocycles. The van der Waals surface area contributed by atoms with Gasteiger partial charge in [0, 0.05) is 6.07 Å². The summed E-state index contributed by atoms with van der Waals surface area (Å²) in [7, 11) is 1.66. The fourth-order valence-electron chi connectivity index (χ4n) is 4.85. The van der Waals surface area contributed by atoms with E-state index in [9.17, 15) is 0 Å². The summed E-state index contributed by atoms with van der Waals surface area (Å²) in [6, 6.07) is 5.72. The van der Waals surface area contributed by atoms with Gasteiger partial charge in [-0.2, -0.15) is 0 Å².